The van der Waals surface area contributed by atoms with Crippen LogP contribution in [0.4, 0.5) is 14.6 Å². The highest BCUT2D eigenvalue weighted by Crippen LogP contribution is 2.24. The Kier molecular flexibility index (Phi) is 4.14. The summed E-state index contributed by atoms with van der Waals surface area (Å²) in [5, 5.41) is 11.5. The predicted octanol–water partition coefficient (Wildman–Crippen LogP) is 3.32. The molecule has 0 aliphatic rings. The van der Waals surface area contributed by atoms with Crippen molar-refractivity contribution >= 4 is 23.4 Å². The Bertz CT molecular complexity index is 665. The van der Waals surface area contributed by atoms with Crippen LogP contribution in [0.5, 0.6) is 0 Å². The number of hydrogen-bond acceptors (Lipinski definition) is 3. The first-order chi connectivity index (χ1) is 9.49. The molecule has 0 bridgehead atoms. The molecule has 0 amide bonds. The van der Waals surface area contributed by atoms with E-state index in [0.717, 1.165) is 18.2 Å². The third-order valence-corrected chi connectivity index (χ3v) is 2.96. The van der Waals surface area contributed by atoms with Gasteiger partial charge in [-0.2, -0.15) is 0 Å². The highest BCUT2D eigenvalue weighted by Gasteiger charge is 2.13. The molecule has 4 nitrogen and oxygen atoms in total. The van der Waals surface area contributed by atoms with Gasteiger partial charge < -0.3 is 10.4 Å². The van der Waals surface area contributed by atoms with Crippen molar-refractivity contribution in [3.05, 3.63) is 58.2 Å². The molecule has 0 saturated carbocycles. The first-order valence-electron chi connectivity index (χ1n) is 5.54. The molecular formula is C13H9ClF2N2O2. The van der Waals surface area contributed by atoms with E-state index in [-0.39, 0.29) is 28.5 Å². The van der Waals surface area contributed by atoms with Crippen LogP contribution in [0.25, 0.3) is 0 Å². The molecule has 0 aliphatic carbocycles. The SMILES string of the molecule is O=C(O)c1ccnc(NCc2cc(F)ccc2F)c1Cl. The van der Waals surface area contributed by atoms with E-state index in [1.807, 2.05) is 0 Å². The number of carbonyl (C=O) groups is 1. The molecule has 1 aromatic carbocycles. The van der Waals surface area contributed by atoms with Gasteiger partial charge in [0.15, 0.2) is 0 Å². The minimum atomic E-state index is -1.20. The molecule has 7 heteroatoms. The van der Waals surface area contributed by atoms with Gasteiger partial charge in [-0.15, -0.1) is 0 Å². The summed E-state index contributed by atoms with van der Waals surface area (Å²) in [6.07, 6.45) is 1.26. The number of carboxylic acids is 1. The molecule has 0 spiro atoms. The minimum absolute atomic E-state index is 0.0701. The van der Waals surface area contributed by atoms with Crippen molar-refractivity contribution in [2.45, 2.75) is 6.54 Å². The standard InChI is InChI=1S/C13H9ClF2N2O2/c14-11-9(13(19)20)3-4-17-12(11)18-6-7-5-8(15)1-2-10(7)16/h1-5H,6H2,(H,17,18)(H,19,20). The normalized spacial score (nSPS) is 10.3. The van der Waals surface area contributed by atoms with Gasteiger partial charge in [-0.05, 0) is 24.3 Å². The van der Waals surface area contributed by atoms with E-state index in [9.17, 15) is 13.6 Å². The smallest absolute Gasteiger partial charge is 0.337 e. The molecule has 2 aromatic rings. The molecule has 1 heterocycles. The Morgan fingerprint density at radius 1 is 1.35 bits per heavy atom. The Balaban J connectivity index is 2.21. The lowest BCUT2D eigenvalue weighted by Gasteiger charge is -2.09. The molecule has 0 aliphatic heterocycles. The lowest BCUT2D eigenvalue weighted by atomic mass is 10.2. The number of halogens is 3. The second kappa shape index (κ2) is 5.83. The number of nitrogens with zero attached hydrogens (tertiary/aromatic N) is 1. The number of pyridine rings is 1. The molecule has 2 N–H and O–H groups in total. The Morgan fingerprint density at radius 3 is 2.80 bits per heavy atom. The Labute approximate surface area is 118 Å². The van der Waals surface area contributed by atoms with Crippen LogP contribution in [0.15, 0.2) is 30.5 Å². The fourth-order valence-electron chi connectivity index (χ4n) is 1.59. The van der Waals surface area contributed by atoms with Crippen molar-refractivity contribution in [2.75, 3.05) is 5.32 Å². The van der Waals surface area contributed by atoms with Gasteiger partial charge >= 0.3 is 5.97 Å². The molecule has 1 aromatic heterocycles. The van der Waals surface area contributed by atoms with E-state index in [4.69, 9.17) is 16.7 Å². The second-order valence-corrected chi connectivity index (χ2v) is 4.29. The second-order valence-electron chi connectivity index (χ2n) is 3.92. The Morgan fingerprint density at radius 2 is 2.10 bits per heavy atom. The molecule has 104 valence electrons. The van der Waals surface area contributed by atoms with E-state index >= 15 is 0 Å². The van der Waals surface area contributed by atoms with E-state index in [2.05, 4.69) is 10.3 Å². The molecular weight excluding hydrogens is 290 g/mol. The topological polar surface area (TPSA) is 62.2 Å². The summed E-state index contributed by atoms with van der Waals surface area (Å²) < 4.78 is 26.4. The number of nitrogens with one attached hydrogen (secondary N) is 1. The van der Waals surface area contributed by atoms with Crippen molar-refractivity contribution in [1.82, 2.24) is 4.98 Å². The number of anilines is 1. The van der Waals surface area contributed by atoms with Crippen molar-refractivity contribution in [3.63, 3.8) is 0 Å². The average molecular weight is 299 g/mol. The molecule has 0 atom stereocenters. The number of aromatic carboxylic acids is 1. The first-order valence-corrected chi connectivity index (χ1v) is 5.92. The fraction of sp³-hybridized carbons (Fsp3) is 0.0769. The summed E-state index contributed by atoms with van der Waals surface area (Å²) in [6, 6.07) is 4.31. The minimum Gasteiger partial charge on any atom is -0.478 e. The first kappa shape index (κ1) is 14.2. The summed E-state index contributed by atoms with van der Waals surface area (Å²) >= 11 is 5.87. The number of benzene rings is 1. The zero-order valence-corrected chi connectivity index (χ0v) is 10.8. The highest BCUT2D eigenvalue weighted by molar-refractivity contribution is 6.35. The predicted molar refractivity (Wildman–Crippen MR) is 69.9 cm³/mol. The zero-order chi connectivity index (χ0) is 14.7. The third kappa shape index (κ3) is 3.03. The van der Waals surface area contributed by atoms with Crippen molar-refractivity contribution in [2.24, 2.45) is 0 Å². The maximum atomic E-state index is 13.4. The van der Waals surface area contributed by atoms with E-state index in [0.29, 0.717) is 0 Å². The summed E-state index contributed by atoms with van der Waals surface area (Å²) in [5.74, 6) is -2.25. The number of carboxylic acid groups (broad SMARTS) is 1. The monoisotopic (exact) mass is 298 g/mol. The molecule has 0 unspecified atom stereocenters. The van der Waals surface area contributed by atoms with Crippen molar-refractivity contribution < 1.29 is 18.7 Å². The van der Waals surface area contributed by atoms with Crippen molar-refractivity contribution in [1.29, 1.82) is 0 Å². The van der Waals surface area contributed by atoms with E-state index < -0.39 is 17.6 Å². The molecule has 20 heavy (non-hydrogen) atoms. The van der Waals surface area contributed by atoms with Gasteiger partial charge in [-0.1, -0.05) is 11.6 Å². The third-order valence-electron chi connectivity index (χ3n) is 2.57. The Hall–Kier alpha value is -2.21. The fourth-order valence-corrected chi connectivity index (χ4v) is 1.85. The highest BCUT2D eigenvalue weighted by atomic mass is 35.5. The summed E-state index contributed by atoms with van der Waals surface area (Å²) in [4.78, 5) is 14.8. The van der Waals surface area contributed by atoms with Crippen LogP contribution in [0, 0.1) is 11.6 Å². The summed E-state index contributed by atoms with van der Waals surface area (Å²) in [7, 11) is 0. The molecule has 0 radical (unpaired) electrons. The van der Waals surface area contributed by atoms with Gasteiger partial charge in [0, 0.05) is 18.3 Å². The van der Waals surface area contributed by atoms with E-state index in [1.54, 1.807) is 0 Å². The summed E-state index contributed by atoms with van der Waals surface area (Å²) in [6.45, 7) is -0.0701. The lowest BCUT2D eigenvalue weighted by Crippen LogP contribution is -2.07. The van der Waals surface area contributed by atoms with Gasteiger partial charge in [0.1, 0.15) is 17.5 Å². The van der Waals surface area contributed by atoms with Gasteiger partial charge in [0.25, 0.3) is 0 Å². The molecule has 0 saturated heterocycles. The molecule has 2 rings (SSSR count). The lowest BCUT2D eigenvalue weighted by molar-refractivity contribution is 0.0697. The van der Waals surface area contributed by atoms with Crippen LogP contribution < -0.4 is 5.32 Å². The number of aromatic nitrogens is 1. The number of rotatable bonds is 4. The quantitative estimate of drug-likeness (QED) is 0.909. The van der Waals surface area contributed by atoms with Gasteiger partial charge in [-0.25, -0.2) is 18.6 Å². The van der Waals surface area contributed by atoms with Crippen molar-refractivity contribution in [3.8, 4) is 0 Å². The summed E-state index contributed by atoms with van der Waals surface area (Å²) in [5.41, 5.74) is -0.0347. The van der Waals surface area contributed by atoms with Crippen LogP contribution in [0.1, 0.15) is 15.9 Å². The van der Waals surface area contributed by atoms with Crippen LogP contribution in [-0.4, -0.2) is 16.1 Å². The molecule has 0 fully saturated rings. The van der Waals surface area contributed by atoms with Crippen LogP contribution in [0.2, 0.25) is 5.02 Å². The largest absolute Gasteiger partial charge is 0.478 e. The van der Waals surface area contributed by atoms with Crippen LogP contribution in [0.3, 0.4) is 0 Å². The van der Waals surface area contributed by atoms with Gasteiger partial charge in [0.2, 0.25) is 0 Å². The van der Waals surface area contributed by atoms with Gasteiger partial charge in [0.05, 0.1) is 10.6 Å². The van der Waals surface area contributed by atoms with E-state index in [1.165, 1.54) is 12.3 Å². The maximum Gasteiger partial charge on any atom is 0.337 e. The van der Waals surface area contributed by atoms with Gasteiger partial charge in [-0.3, -0.25) is 0 Å². The van der Waals surface area contributed by atoms with Crippen LogP contribution in [-0.2, 0) is 6.54 Å². The average Bonchev–Trinajstić information content (AvgIpc) is 2.41. The number of hydrogen-bond donors (Lipinski definition) is 2. The van der Waals surface area contributed by atoms with Crippen LogP contribution >= 0.6 is 11.6 Å². The maximum absolute atomic E-state index is 13.4. The zero-order valence-electron chi connectivity index (χ0n) is 10.0.